The van der Waals surface area contributed by atoms with Crippen molar-refractivity contribution in [3.05, 3.63) is 9.49 Å². The van der Waals surface area contributed by atoms with E-state index in [0.29, 0.717) is 0 Å². The molecule has 0 saturated heterocycles. The molecule has 0 N–H and O–H groups in total. The molecule has 0 spiro atoms. The number of hydrogen-bond acceptors (Lipinski definition) is 2. The maximum Gasteiger partial charge on any atom is 0.137 e. The summed E-state index contributed by atoms with van der Waals surface area (Å²) in [4.78, 5) is 0. The highest BCUT2D eigenvalue weighted by Gasteiger charge is 1.62. The van der Waals surface area contributed by atoms with E-state index in [0.717, 1.165) is 11.8 Å². The highest BCUT2D eigenvalue weighted by atomic mass is 127. The number of hydrogen-bond donors (Lipinski definition) is 0. The van der Waals surface area contributed by atoms with E-state index in [1.54, 1.807) is 9.49 Å². The molecule has 0 aromatic heterocycles. The van der Waals surface area contributed by atoms with Crippen molar-refractivity contribution in [2.45, 2.75) is 0 Å². The molecule has 0 fully saturated rings. The third kappa shape index (κ3) is 4.31. The summed E-state index contributed by atoms with van der Waals surface area (Å²) in [6.07, 6.45) is 0. The molecule has 0 aliphatic heterocycles. The van der Waals surface area contributed by atoms with Crippen molar-refractivity contribution in [3.8, 4) is 5.40 Å². The van der Waals surface area contributed by atoms with Crippen molar-refractivity contribution in [1.82, 2.24) is 0 Å². The zero-order valence-electron chi connectivity index (χ0n) is 2.89. The van der Waals surface area contributed by atoms with Gasteiger partial charge < -0.3 is 0 Å². The third-order valence-corrected chi connectivity index (χ3v) is 1.40. The number of nitriles is 1. The molecule has 3 heteroatoms. The van der Waals surface area contributed by atoms with E-state index in [1.165, 1.54) is 0 Å². The highest BCUT2D eigenvalue weighted by Crippen LogP contribution is 1.98. The van der Waals surface area contributed by atoms with Crippen molar-refractivity contribution >= 4 is 34.4 Å². The molecule has 6 heavy (non-hydrogen) atoms. The summed E-state index contributed by atoms with van der Waals surface area (Å²) in [5, 5.41) is 11.5. The Balaban J connectivity index is 2.92. The smallest absolute Gasteiger partial charge is 0.137 e. The SMILES string of the molecule is N#CSC=CI. The van der Waals surface area contributed by atoms with Crippen molar-refractivity contribution in [2.75, 3.05) is 0 Å². The zero-order chi connectivity index (χ0) is 4.83. The van der Waals surface area contributed by atoms with Gasteiger partial charge in [-0.2, -0.15) is 5.26 Å². The molecule has 0 saturated carbocycles. The lowest BCUT2D eigenvalue weighted by atomic mass is 11.3. The Morgan fingerprint density at radius 1 is 1.83 bits per heavy atom. The summed E-state index contributed by atoms with van der Waals surface area (Å²) in [5.41, 5.74) is 0. The van der Waals surface area contributed by atoms with Crippen LogP contribution in [0.1, 0.15) is 0 Å². The first kappa shape index (κ1) is 6.31. The number of nitrogens with zero attached hydrogens (tertiary/aromatic N) is 1. The van der Waals surface area contributed by atoms with Crippen LogP contribution < -0.4 is 0 Å². The molecule has 0 aromatic rings. The minimum atomic E-state index is 1.13. The number of rotatable bonds is 1. The average Bonchev–Trinajstić information content (AvgIpc) is 1.61. The van der Waals surface area contributed by atoms with Gasteiger partial charge >= 0.3 is 0 Å². The Bertz CT molecular complexity index is 83.3. The quantitative estimate of drug-likeness (QED) is 0.489. The summed E-state index contributed by atoms with van der Waals surface area (Å²) in [7, 11) is 0. The van der Waals surface area contributed by atoms with E-state index >= 15 is 0 Å². The largest absolute Gasteiger partial charge is 0.185 e. The maximum atomic E-state index is 7.86. The Morgan fingerprint density at radius 2 is 2.50 bits per heavy atom. The second kappa shape index (κ2) is 5.31. The normalized spacial score (nSPS) is 8.67. The van der Waals surface area contributed by atoms with Gasteiger partial charge in [0.2, 0.25) is 0 Å². The molecule has 0 aromatic carbocycles. The van der Waals surface area contributed by atoms with Crippen molar-refractivity contribution in [3.63, 3.8) is 0 Å². The van der Waals surface area contributed by atoms with Gasteiger partial charge in [-0.25, -0.2) is 0 Å². The van der Waals surface area contributed by atoms with Crippen molar-refractivity contribution < 1.29 is 0 Å². The van der Waals surface area contributed by atoms with Gasteiger partial charge in [-0.1, -0.05) is 22.6 Å². The highest BCUT2D eigenvalue weighted by molar-refractivity contribution is 14.1. The monoisotopic (exact) mass is 211 g/mol. The molecule has 0 unspecified atom stereocenters. The molecule has 1 nitrogen and oxygen atoms in total. The number of halogens is 1. The van der Waals surface area contributed by atoms with E-state index in [-0.39, 0.29) is 0 Å². The first-order valence-corrected chi connectivity index (χ1v) is 3.34. The molecular formula is C3H2INS. The van der Waals surface area contributed by atoms with Crippen molar-refractivity contribution in [2.24, 2.45) is 0 Å². The van der Waals surface area contributed by atoms with Crippen LogP contribution in [0.2, 0.25) is 0 Å². The van der Waals surface area contributed by atoms with Gasteiger partial charge in [0.25, 0.3) is 0 Å². The average molecular weight is 211 g/mol. The molecule has 0 aliphatic rings. The molecule has 0 rings (SSSR count). The van der Waals surface area contributed by atoms with Crippen LogP contribution in [-0.2, 0) is 0 Å². The van der Waals surface area contributed by atoms with Crippen LogP contribution >= 0.6 is 34.4 Å². The minimum Gasteiger partial charge on any atom is -0.185 e. The van der Waals surface area contributed by atoms with Gasteiger partial charge in [0.05, 0.1) is 0 Å². The molecule has 0 bridgehead atoms. The van der Waals surface area contributed by atoms with Gasteiger partial charge in [-0.15, -0.1) is 0 Å². The van der Waals surface area contributed by atoms with Gasteiger partial charge in [0.1, 0.15) is 5.40 Å². The van der Waals surface area contributed by atoms with Gasteiger partial charge in [-0.05, 0) is 21.3 Å². The van der Waals surface area contributed by atoms with Crippen LogP contribution in [0.5, 0.6) is 0 Å². The fourth-order valence-electron chi connectivity index (χ4n) is 0.0561. The number of thioether (sulfide) groups is 1. The summed E-state index contributed by atoms with van der Waals surface area (Å²) in [6, 6.07) is 0. The van der Waals surface area contributed by atoms with E-state index in [9.17, 15) is 0 Å². The summed E-state index contributed by atoms with van der Waals surface area (Å²) < 4.78 is 1.80. The Hall–Kier alpha value is 0.310. The maximum absolute atomic E-state index is 7.86. The topological polar surface area (TPSA) is 23.8 Å². The van der Waals surface area contributed by atoms with Crippen LogP contribution in [0.3, 0.4) is 0 Å². The van der Waals surface area contributed by atoms with E-state index in [4.69, 9.17) is 5.26 Å². The third-order valence-electron chi connectivity index (χ3n) is 0.172. The van der Waals surface area contributed by atoms with Crippen LogP contribution in [-0.4, -0.2) is 0 Å². The van der Waals surface area contributed by atoms with Crippen LogP contribution in [0.4, 0.5) is 0 Å². The summed E-state index contributed by atoms with van der Waals surface area (Å²) in [5.74, 6) is 0. The lowest BCUT2D eigenvalue weighted by molar-refractivity contribution is 1.57. The summed E-state index contributed by atoms with van der Waals surface area (Å²) in [6.45, 7) is 0. The van der Waals surface area contributed by atoms with Crippen molar-refractivity contribution in [1.29, 1.82) is 5.26 Å². The van der Waals surface area contributed by atoms with E-state index in [1.807, 2.05) is 5.40 Å². The molecule has 0 amide bonds. The molecule has 0 aliphatic carbocycles. The van der Waals surface area contributed by atoms with Crippen LogP contribution in [0.15, 0.2) is 9.49 Å². The van der Waals surface area contributed by atoms with E-state index < -0.39 is 0 Å². The Labute approximate surface area is 54.6 Å². The van der Waals surface area contributed by atoms with Gasteiger partial charge in [0, 0.05) is 0 Å². The fourth-order valence-corrected chi connectivity index (χ4v) is 0.609. The lowest BCUT2D eigenvalue weighted by Crippen LogP contribution is -1.31. The molecule has 0 radical (unpaired) electrons. The predicted octanol–water partition coefficient (Wildman–Crippen LogP) is 2.11. The minimum absolute atomic E-state index is 1.13. The van der Waals surface area contributed by atoms with E-state index in [2.05, 4.69) is 22.6 Å². The number of thiocyanates is 1. The summed E-state index contributed by atoms with van der Waals surface area (Å²) >= 11 is 3.18. The predicted molar refractivity (Wildman–Crippen MR) is 36.4 cm³/mol. The molecule has 32 valence electrons. The van der Waals surface area contributed by atoms with Crippen LogP contribution in [0.25, 0.3) is 0 Å². The van der Waals surface area contributed by atoms with Crippen LogP contribution in [0, 0.1) is 10.7 Å². The molecule has 0 heterocycles. The van der Waals surface area contributed by atoms with Gasteiger partial charge in [0.15, 0.2) is 0 Å². The second-order valence-corrected chi connectivity index (χ2v) is 1.88. The first-order chi connectivity index (χ1) is 2.91. The first-order valence-electron chi connectivity index (χ1n) is 1.21. The lowest BCUT2D eigenvalue weighted by Gasteiger charge is -1.61. The second-order valence-electron chi connectivity index (χ2n) is 0.471. The Kier molecular flexibility index (Phi) is 5.58. The standard InChI is InChI=1S/C3H2INS/c4-1-2-6-3-5/h1-2H. The molecule has 0 atom stereocenters. The Morgan fingerprint density at radius 3 is 2.67 bits per heavy atom. The fraction of sp³-hybridized carbons (Fsp3) is 0. The molecular weight excluding hydrogens is 209 g/mol. The van der Waals surface area contributed by atoms with Gasteiger partial charge in [-0.3, -0.25) is 0 Å². The zero-order valence-corrected chi connectivity index (χ0v) is 5.86.